The van der Waals surface area contributed by atoms with Crippen LogP contribution < -0.4 is 0 Å². The van der Waals surface area contributed by atoms with Crippen molar-refractivity contribution in [1.82, 2.24) is 4.31 Å². The normalized spacial score (nSPS) is 24.1. The highest BCUT2D eigenvalue weighted by Crippen LogP contribution is 2.13. The molecule has 1 aliphatic rings. The number of sulfonamides is 1. The predicted octanol–water partition coefficient (Wildman–Crippen LogP) is 1.21. The molecule has 1 fully saturated rings. The van der Waals surface area contributed by atoms with Crippen molar-refractivity contribution in [3.63, 3.8) is 0 Å². The van der Waals surface area contributed by atoms with E-state index in [2.05, 4.69) is 6.92 Å². The second kappa shape index (κ2) is 4.23. The first-order valence-corrected chi connectivity index (χ1v) is 6.25. The van der Waals surface area contributed by atoms with Crippen molar-refractivity contribution < 1.29 is 8.42 Å². The highest BCUT2D eigenvalue weighted by molar-refractivity contribution is 7.89. The molecule has 1 rings (SSSR count). The maximum absolute atomic E-state index is 11.4. The predicted molar refractivity (Wildman–Crippen MR) is 49.5 cm³/mol. The minimum Gasteiger partial charge on any atom is -0.212 e. The van der Waals surface area contributed by atoms with E-state index in [9.17, 15) is 8.42 Å². The van der Waals surface area contributed by atoms with Crippen molar-refractivity contribution in [3.05, 3.63) is 0 Å². The average Bonchev–Trinajstić information content (AvgIpc) is 2.02. The lowest BCUT2D eigenvalue weighted by Gasteiger charge is -2.25. The molecule has 0 aromatic heterocycles. The quantitative estimate of drug-likeness (QED) is 0.672. The Labute approximate surface area is 74.8 Å². The van der Waals surface area contributed by atoms with Gasteiger partial charge in [0.05, 0.1) is 5.75 Å². The van der Waals surface area contributed by atoms with E-state index >= 15 is 0 Å². The molecule has 0 radical (unpaired) electrons. The number of unbranched alkanes of at least 4 members (excludes halogenated alkanes) is 1. The molecule has 0 amide bonds. The number of rotatable bonds is 3. The van der Waals surface area contributed by atoms with Crippen molar-refractivity contribution in [2.24, 2.45) is 0 Å². The van der Waals surface area contributed by atoms with Gasteiger partial charge in [0, 0.05) is 13.1 Å². The van der Waals surface area contributed by atoms with E-state index in [0.717, 1.165) is 38.8 Å². The van der Waals surface area contributed by atoms with Crippen LogP contribution in [-0.2, 0) is 10.0 Å². The topological polar surface area (TPSA) is 37.4 Å². The SMILES string of the molecule is CCCCN1CCCCS1(=O)=O. The molecule has 0 bridgehead atoms. The summed E-state index contributed by atoms with van der Waals surface area (Å²) >= 11 is 0. The molecule has 3 nitrogen and oxygen atoms in total. The summed E-state index contributed by atoms with van der Waals surface area (Å²) in [5.41, 5.74) is 0. The molecule has 0 aliphatic carbocycles. The molecule has 0 atom stereocenters. The highest BCUT2D eigenvalue weighted by Gasteiger charge is 2.24. The van der Waals surface area contributed by atoms with E-state index in [1.54, 1.807) is 4.31 Å². The lowest BCUT2D eigenvalue weighted by atomic mass is 10.3. The van der Waals surface area contributed by atoms with Crippen molar-refractivity contribution in [1.29, 1.82) is 0 Å². The van der Waals surface area contributed by atoms with Gasteiger partial charge in [-0.05, 0) is 19.3 Å². The second-order valence-corrected chi connectivity index (χ2v) is 5.36. The summed E-state index contributed by atoms with van der Waals surface area (Å²) in [7, 11) is -2.86. The van der Waals surface area contributed by atoms with Crippen LogP contribution in [0.2, 0.25) is 0 Å². The molecule has 0 spiro atoms. The van der Waals surface area contributed by atoms with E-state index in [-0.39, 0.29) is 0 Å². The molecular formula is C8H17NO2S. The van der Waals surface area contributed by atoms with Crippen LogP contribution in [0.5, 0.6) is 0 Å². The summed E-state index contributed by atoms with van der Waals surface area (Å²) < 4.78 is 24.5. The van der Waals surface area contributed by atoms with Crippen LogP contribution in [0, 0.1) is 0 Å². The number of hydrogen-bond donors (Lipinski definition) is 0. The average molecular weight is 191 g/mol. The smallest absolute Gasteiger partial charge is 0.212 e. The minimum absolute atomic E-state index is 0.358. The largest absolute Gasteiger partial charge is 0.214 e. The van der Waals surface area contributed by atoms with Crippen LogP contribution in [0.25, 0.3) is 0 Å². The third-order valence-corrected chi connectivity index (χ3v) is 4.17. The number of hydrogen-bond acceptors (Lipinski definition) is 2. The van der Waals surface area contributed by atoms with Crippen LogP contribution in [0.1, 0.15) is 32.6 Å². The Bertz CT molecular complexity index is 223. The molecule has 0 saturated carbocycles. The molecule has 0 aromatic carbocycles. The van der Waals surface area contributed by atoms with Gasteiger partial charge in [-0.2, -0.15) is 0 Å². The zero-order chi connectivity index (χ0) is 9.03. The molecule has 4 heteroatoms. The van der Waals surface area contributed by atoms with Gasteiger partial charge >= 0.3 is 0 Å². The fourth-order valence-corrected chi connectivity index (χ4v) is 3.07. The summed E-state index contributed by atoms with van der Waals surface area (Å²) in [6.07, 6.45) is 3.92. The van der Waals surface area contributed by atoms with E-state index in [1.165, 1.54) is 0 Å². The van der Waals surface area contributed by atoms with Gasteiger partial charge in [0.15, 0.2) is 0 Å². The Morgan fingerprint density at radius 3 is 2.67 bits per heavy atom. The van der Waals surface area contributed by atoms with Crippen LogP contribution in [-0.4, -0.2) is 31.6 Å². The molecule has 0 unspecified atom stereocenters. The van der Waals surface area contributed by atoms with Crippen molar-refractivity contribution >= 4 is 10.0 Å². The zero-order valence-electron chi connectivity index (χ0n) is 7.62. The Balaban J connectivity index is 2.49. The van der Waals surface area contributed by atoms with Gasteiger partial charge < -0.3 is 0 Å². The van der Waals surface area contributed by atoms with Crippen molar-refractivity contribution in [3.8, 4) is 0 Å². The fourth-order valence-electron chi connectivity index (χ4n) is 1.43. The Kier molecular flexibility index (Phi) is 3.53. The summed E-state index contributed by atoms with van der Waals surface area (Å²) in [5.74, 6) is 0.358. The summed E-state index contributed by atoms with van der Waals surface area (Å²) in [4.78, 5) is 0. The van der Waals surface area contributed by atoms with Gasteiger partial charge in [0.2, 0.25) is 10.0 Å². The zero-order valence-corrected chi connectivity index (χ0v) is 8.44. The second-order valence-electron chi connectivity index (χ2n) is 3.28. The fraction of sp³-hybridized carbons (Fsp3) is 1.00. The van der Waals surface area contributed by atoms with Gasteiger partial charge in [-0.25, -0.2) is 12.7 Å². The molecule has 1 heterocycles. The van der Waals surface area contributed by atoms with Gasteiger partial charge in [-0.15, -0.1) is 0 Å². The minimum atomic E-state index is -2.86. The van der Waals surface area contributed by atoms with E-state index in [4.69, 9.17) is 0 Å². The van der Waals surface area contributed by atoms with Crippen LogP contribution in [0.15, 0.2) is 0 Å². The first kappa shape index (κ1) is 9.99. The molecule has 0 aromatic rings. The first-order valence-electron chi connectivity index (χ1n) is 4.64. The van der Waals surface area contributed by atoms with E-state index < -0.39 is 10.0 Å². The summed E-state index contributed by atoms with van der Waals surface area (Å²) in [5, 5.41) is 0. The van der Waals surface area contributed by atoms with Crippen molar-refractivity contribution in [2.45, 2.75) is 32.6 Å². The Morgan fingerprint density at radius 1 is 1.33 bits per heavy atom. The molecule has 1 saturated heterocycles. The number of nitrogens with zero attached hydrogens (tertiary/aromatic N) is 1. The third-order valence-electron chi connectivity index (χ3n) is 2.21. The van der Waals surface area contributed by atoms with E-state index in [1.807, 2.05) is 0 Å². The van der Waals surface area contributed by atoms with Crippen molar-refractivity contribution in [2.75, 3.05) is 18.8 Å². The van der Waals surface area contributed by atoms with Crippen LogP contribution in [0.4, 0.5) is 0 Å². The van der Waals surface area contributed by atoms with Gasteiger partial charge in [0.25, 0.3) is 0 Å². The Morgan fingerprint density at radius 2 is 2.08 bits per heavy atom. The summed E-state index contributed by atoms with van der Waals surface area (Å²) in [6, 6.07) is 0. The molecule has 12 heavy (non-hydrogen) atoms. The first-order chi connectivity index (χ1) is 5.67. The maximum Gasteiger partial charge on any atom is 0.214 e. The maximum atomic E-state index is 11.4. The lowest BCUT2D eigenvalue weighted by Crippen LogP contribution is -2.38. The lowest BCUT2D eigenvalue weighted by molar-refractivity contribution is 0.377. The molecule has 1 aliphatic heterocycles. The van der Waals surface area contributed by atoms with Crippen LogP contribution >= 0.6 is 0 Å². The summed E-state index contributed by atoms with van der Waals surface area (Å²) in [6.45, 7) is 3.54. The van der Waals surface area contributed by atoms with Gasteiger partial charge in [-0.3, -0.25) is 0 Å². The Hall–Kier alpha value is -0.0900. The molecule has 0 N–H and O–H groups in total. The van der Waals surface area contributed by atoms with Gasteiger partial charge in [-0.1, -0.05) is 13.3 Å². The van der Waals surface area contributed by atoms with E-state index in [0.29, 0.717) is 5.75 Å². The molecule has 72 valence electrons. The van der Waals surface area contributed by atoms with Gasteiger partial charge in [0.1, 0.15) is 0 Å². The monoisotopic (exact) mass is 191 g/mol. The third kappa shape index (κ3) is 2.45. The molecular weight excluding hydrogens is 174 g/mol. The highest BCUT2D eigenvalue weighted by atomic mass is 32.2. The standard InChI is InChI=1S/C8H17NO2S/c1-2-3-6-9-7-4-5-8-12(9,10)11/h2-8H2,1H3. The van der Waals surface area contributed by atoms with Crippen LogP contribution in [0.3, 0.4) is 0 Å².